The molecular formula is C17H17Cl3N2O3. The molecule has 0 bridgehead atoms. The van der Waals surface area contributed by atoms with Gasteiger partial charge in [-0.3, -0.25) is 4.79 Å². The van der Waals surface area contributed by atoms with E-state index in [1.54, 1.807) is 55.6 Å². The molecule has 134 valence electrons. The predicted molar refractivity (Wildman–Crippen MR) is 101 cm³/mol. The Hall–Kier alpha value is -1.82. The number of rotatable bonds is 6. The summed E-state index contributed by atoms with van der Waals surface area (Å²) in [5.41, 5.74) is 0.984. The van der Waals surface area contributed by atoms with Crippen LogP contribution in [0.25, 0.3) is 0 Å². The van der Waals surface area contributed by atoms with Gasteiger partial charge in [-0.2, -0.15) is 0 Å². The third-order valence-corrected chi connectivity index (χ3v) is 4.01. The van der Waals surface area contributed by atoms with Gasteiger partial charge < -0.3 is 20.1 Å². The van der Waals surface area contributed by atoms with Gasteiger partial charge in [-0.15, -0.1) is 0 Å². The molecule has 0 spiro atoms. The van der Waals surface area contributed by atoms with E-state index in [1.165, 1.54) is 7.11 Å². The molecule has 0 fully saturated rings. The maximum atomic E-state index is 12.5. The van der Waals surface area contributed by atoms with Gasteiger partial charge in [0.1, 0.15) is 17.7 Å². The number of ether oxygens (including phenoxy) is 2. The minimum atomic E-state index is -1.78. The zero-order chi connectivity index (χ0) is 18.4. The average Bonchev–Trinajstić information content (AvgIpc) is 2.60. The van der Waals surface area contributed by atoms with Crippen LogP contribution >= 0.6 is 34.8 Å². The summed E-state index contributed by atoms with van der Waals surface area (Å²) in [4.78, 5) is 12.5. The van der Waals surface area contributed by atoms with Crippen LogP contribution in [-0.2, 0) is 0 Å². The number of amides is 1. The molecule has 2 rings (SSSR count). The summed E-state index contributed by atoms with van der Waals surface area (Å²) < 4.78 is 8.50. The molecule has 0 unspecified atom stereocenters. The van der Waals surface area contributed by atoms with Gasteiger partial charge in [0.2, 0.25) is 3.79 Å². The van der Waals surface area contributed by atoms with Gasteiger partial charge >= 0.3 is 0 Å². The van der Waals surface area contributed by atoms with Crippen LogP contribution < -0.4 is 20.1 Å². The van der Waals surface area contributed by atoms with E-state index in [2.05, 4.69) is 10.6 Å². The molecule has 1 amide bonds. The molecule has 0 aromatic heterocycles. The van der Waals surface area contributed by atoms with E-state index in [9.17, 15) is 4.79 Å². The number of para-hydroxylation sites is 1. The Morgan fingerprint density at radius 1 is 1.00 bits per heavy atom. The number of carbonyl (C=O) groups excluding carboxylic acids is 1. The zero-order valence-electron chi connectivity index (χ0n) is 13.6. The smallest absolute Gasteiger partial charge is 0.256 e. The van der Waals surface area contributed by atoms with Crippen molar-refractivity contribution in [3.05, 3.63) is 54.1 Å². The molecule has 0 aliphatic heterocycles. The van der Waals surface area contributed by atoms with Crippen LogP contribution in [0.15, 0.2) is 48.5 Å². The Morgan fingerprint density at radius 2 is 1.64 bits per heavy atom. The monoisotopic (exact) mass is 402 g/mol. The summed E-state index contributed by atoms with van der Waals surface area (Å²) in [5, 5.41) is 5.65. The summed E-state index contributed by atoms with van der Waals surface area (Å²) in [7, 11) is 3.05. The van der Waals surface area contributed by atoms with Crippen LogP contribution in [-0.4, -0.2) is 30.1 Å². The van der Waals surface area contributed by atoms with E-state index < -0.39 is 15.9 Å². The van der Waals surface area contributed by atoms with E-state index in [1.807, 2.05) is 0 Å². The number of nitrogens with one attached hydrogen (secondary N) is 2. The predicted octanol–water partition coefficient (Wildman–Crippen LogP) is 4.24. The highest BCUT2D eigenvalue weighted by molar-refractivity contribution is 6.68. The molecule has 2 aromatic carbocycles. The highest BCUT2D eigenvalue weighted by Gasteiger charge is 2.34. The van der Waals surface area contributed by atoms with E-state index in [0.29, 0.717) is 22.7 Å². The van der Waals surface area contributed by atoms with Gasteiger partial charge in [-0.1, -0.05) is 46.9 Å². The summed E-state index contributed by atoms with van der Waals surface area (Å²) in [6, 6.07) is 13.8. The highest BCUT2D eigenvalue weighted by Crippen LogP contribution is 2.32. The van der Waals surface area contributed by atoms with Crippen molar-refractivity contribution >= 4 is 46.4 Å². The van der Waals surface area contributed by atoms with Gasteiger partial charge in [0, 0.05) is 5.69 Å². The molecule has 0 heterocycles. The molecule has 2 aromatic rings. The van der Waals surface area contributed by atoms with Gasteiger partial charge in [-0.25, -0.2) is 0 Å². The van der Waals surface area contributed by atoms with Crippen LogP contribution in [0.5, 0.6) is 11.5 Å². The quantitative estimate of drug-likeness (QED) is 0.559. The van der Waals surface area contributed by atoms with Crippen molar-refractivity contribution in [1.82, 2.24) is 5.32 Å². The first-order valence-electron chi connectivity index (χ1n) is 7.26. The molecule has 2 N–H and O–H groups in total. The number of benzene rings is 2. The lowest BCUT2D eigenvalue weighted by Gasteiger charge is -2.27. The molecule has 5 nitrogen and oxygen atoms in total. The van der Waals surface area contributed by atoms with Crippen LogP contribution in [0, 0.1) is 0 Å². The summed E-state index contributed by atoms with van der Waals surface area (Å²) in [6.07, 6.45) is -0.969. The lowest BCUT2D eigenvalue weighted by atomic mass is 10.2. The lowest BCUT2D eigenvalue weighted by Crippen LogP contribution is -2.49. The largest absolute Gasteiger partial charge is 0.497 e. The number of hydrogen-bond acceptors (Lipinski definition) is 4. The topological polar surface area (TPSA) is 59.6 Å². The van der Waals surface area contributed by atoms with Crippen LogP contribution in [0.3, 0.4) is 0 Å². The van der Waals surface area contributed by atoms with Gasteiger partial charge in [0.25, 0.3) is 5.91 Å². The average molecular weight is 404 g/mol. The standard InChI is InChI=1S/C17H17Cl3N2O3/c1-24-12-9-7-11(8-10-12)21-16(17(18,19)20)22-15(23)13-5-3-4-6-14(13)25-2/h3-10,16,21H,1-2H3,(H,22,23)/t16-/m1/s1. The maximum absolute atomic E-state index is 12.5. The number of hydrogen-bond donors (Lipinski definition) is 2. The van der Waals surface area contributed by atoms with Gasteiger partial charge in [-0.05, 0) is 36.4 Å². The molecule has 0 saturated carbocycles. The fourth-order valence-corrected chi connectivity index (χ4v) is 2.42. The second-order valence-electron chi connectivity index (χ2n) is 5.02. The first kappa shape index (κ1) is 19.5. The number of alkyl halides is 3. The second-order valence-corrected chi connectivity index (χ2v) is 7.39. The Kier molecular flexibility index (Phi) is 6.64. The van der Waals surface area contributed by atoms with E-state index >= 15 is 0 Å². The van der Waals surface area contributed by atoms with Gasteiger partial charge in [0.05, 0.1) is 19.8 Å². The van der Waals surface area contributed by atoms with Crippen LogP contribution in [0.1, 0.15) is 10.4 Å². The van der Waals surface area contributed by atoms with Crippen LogP contribution in [0.2, 0.25) is 0 Å². The van der Waals surface area contributed by atoms with Gasteiger partial charge in [0.15, 0.2) is 0 Å². The lowest BCUT2D eigenvalue weighted by molar-refractivity contribution is 0.0939. The number of methoxy groups -OCH3 is 2. The molecular weight excluding hydrogens is 387 g/mol. The number of anilines is 1. The van der Waals surface area contributed by atoms with E-state index in [0.717, 1.165) is 0 Å². The third kappa shape index (κ3) is 5.33. The third-order valence-electron chi connectivity index (χ3n) is 3.36. The second kappa shape index (κ2) is 8.52. The van der Waals surface area contributed by atoms with E-state index in [-0.39, 0.29) is 0 Å². The molecule has 0 radical (unpaired) electrons. The fraction of sp³-hybridized carbons (Fsp3) is 0.235. The Labute approximate surface area is 161 Å². The first-order valence-corrected chi connectivity index (χ1v) is 8.39. The molecule has 0 saturated heterocycles. The van der Waals surface area contributed by atoms with E-state index in [4.69, 9.17) is 44.3 Å². The molecule has 1 atom stereocenters. The Balaban J connectivity index is 2.18. The molecule has 8 heteroatoms. The van der Waals surface area contributed by atoms with Crippen molar-refractivity contribution in [1.29, 1.82) is 0 Å². The molecule has 0 aliphatic carbocycles. The highest BCUT2D eigenvalue weighted by atomic mass is 35.6. The SMILES string of the molecule is COc1ccc(N[C@H](NC(=O)c2ccccc2OC)C(Cl)(Cl)Cl)cc1. The summed E-state index contributed by atoms with van der Waals surface area (Å²) >= 11 is 18.0. The maximum Gasteiger partial charge on any atom is 0.256 e. The Morgan fingerprint density at radius 3 is 2.20 bits per heavy atom. The van der Waals surface area contributed by atoms with Crippen LogP contribution in [0.4, 0.5) is 5.69 Å². The van der Waals surface area contributed by atoms with Crippen molar-refractivity contribution in [3.63, 3.8) is 0 Å². The zero-order valence-corrected chi connectivity index (χ0v) is 15.8. The number of halogens is 3. The summed E-state index contributed by atoms with van der Waals surface area (Å²) in [5.74, 6) is 0.677. The van der Waals surface area contributed by atoms with Crippen molar-refractivity contribution in [2.45, 2.75) is 9.96 Å². The minimum absolute atomic E-state index is 0.334. The van der Waals surface area contributed by atoms with Crippen molar-refractivity contribution < 1.29 is 14.3 Å². The first-order chi connectivity index (χ1) is 11.8. The van der Waals surface area contributed by atoms with Crippen molar-refractivity contribution in [2.24, 2.45) is 0 Å². The minimum Gasteiger partial charge on any atom is -0.497 e. The number of carbonyl (C=O) groups is 1. The van der Waals surface area contributed by atoms with Crippen molar-refractivity contribution in [2.75, 3.05) is 19.5 Å². The molecule has 25 heavy (non-hydrogen) atoms. The molecule has 0 aliphatic rings. The fourth-order valence-electron chi connectivity index (χ4n) is 2.09. The van der Waals surface area contributed by atoms with Crippen molar-refractivity contribution in [3.8, 4) is 11.5 Å². The summed E-state index contributed by atoms with van der Waals surface area (Å²) in [6.45, 7) is 0. The normalized spacial score (nSPS) is 12.2. The Bertz CT molecular complexity index is 718.